The molecule has 31 heavy (non-hydrogen) atoms. The van der Waals surface area contributed by atoms with Crippen molar-refractivity contribution < 1.29 is 23.9 Å². The van der Waals surface area contributed by atoms with E-state index in [0.29, 0.717) is 10.7 Å². The van der Waals surface area contributed by atoms with Gasteiger partial charge in [0, 0.05) is 5.02 Å². The number of nitrogens with one attached hydrogen (secondary N) is 1. The molecule has 3 amide bonds. The molecular weight excluding hydrogens is 443 g/mol. The number of esters is 1. The fourth-order valence-electron chi connectivity index (χ4n) is 3.25. The van der Waals surface area contributed by atoms with Crippen LogP contribution in [0.3, 0.4) is 0 Å². The number of halogens is 2. The van der Waals surface area contributed by atoms with Crippen molar-refractivity contribution in [3.63, 3.8) is 0 Å². The Labute approximate surface area is 189 Å². The second-order valence-corrected chi connectivity index (χ2v) is 8.29. The minimum Gasteiger partial charge on any atom is -0.454 e. The van der Waals surface area contributed by atoms with Gasteiger partial charge in [0.15, 0.2) is 6.61 Å². The summed E-state index contributed by atoms with van der Waals surface area (Å²) in [4.78, 5) is 51.4. The zero-order valence-electron chi connectivity index (χ0n) is 16.9. The van der Waals surface area contributed by atoms with Crippen molar-refractivity contribution in [3.8, 4) is 0 Å². The summed E-state index contributed by atoms with van der Waals surface area (Å²) in [5.41, 5.74) is 0.791. The number of hydrogen-bond acceptors (Lipinski definition) is 5. The maximum absolute atomic E-state index is 12.8. The molecule has 7 nitrogen and oxygen atoms in total. The van der Waals surface area contributed by atoms with Crippen LogP contribution >= 0.6 is 23.2 Å². The summed E-state index contributed by atoms with van der Waals surface area (Å²) in [6, 6.07) is 9.77. The third-order valence-electron chi connectivity index (χ3n) is 4.65. The average Bonchev–Trinajstić information content (AvgIpc) is 2.97. The van der Waals surface area contributed by atoms with Gasteiger partial charge >= 0.3 is 5.97 Å². The van der Waals surface area contributed by atoms with Crippen molar-refractivity contribution in [2.45, 2.75) is 26.3 Å². The molecule has 1 atom stereocenters. The highest BCUT2D eigenvalue weighted by Gasteiger charge is 2.43. The molecule has 0 radical (unpaired) electrons. The van der Waals surface area contributed by atoms with Crippen LogP contribution in [0.15, 0.2) is 42.5 Å². The first kappa shape index (κ1) is 22.8. The molecule has 162 valence electrons. The van der Waals surface area contributed by atoms with Crippen LogP contribution in [0.1, 0.15) is 41.0 Å². The van der Waals surface area contributed by atoms with Gasteiger partial charge in [0.25, 0.3) is 17.7 Å². The SMILES string of the molecule is CC(C)CC(C(=O)OCC(=O)Nc1ccc(Cl)cc1Cl)N1C(=O)c2ccccc2C1=O. The number of anilines is 1. The molecule has 1 heterocycles. The largest absolute Gasteiger partial charge is 0.454 e. The summed E-state index contributed by atoms with van der Waals surface area (Å²) in [6.45, 7) is 3.11. The van der Waals surface area contributed by atoms with Crippen LogP contribution < -0.4 is 5.32 Å². The summed E-state index contributed by atoms with van der Waals surface area (Å²) in [6.07, 6.45) is 0.203. The van der Waals surface area contributed by atoms with E-state index in [0.717, 1.165) is 4.90 Å². The molecule has 1 aliphatic rings. The molecule has 2 aromatic rings. The van der Waals surface area contributed by atoms with Gasteiger partial charge < -0.3 is 10.1 Å². The summed E-state index contributed by atoms with van der Waals surface area (Å²) in [5, 5.41) is 3.16. The zero-order chi connectivity index (χ0) is 22.7. The van der Waals surface area contributed by atoms with Crippen LogP contribution in [0.5, 0.6) is 0 Å². The van der Waals surface area contributed by atoms with Gasteiger partial charge in [0.05, 0.1) is 21.8 Å². The Balaban J connectivity index is 1.70. The van der Waals surface area contributed by atoms with Crippen LogP contribution in [0.2, 0.25) is 10.0 Å². The summed E-state index contributed by atoms with van der Waals surface area (Å²) in [7, 11) is 0. The molecule has 0 saturated heterocycles. The first-order chi connectivity index (χ1) is 14.7. The van der Waals surface area contributed by atoms with Crippen molar-refractivity contribution in [3.05, 3.63) is 63.6 Å². The molecule has 0 bridgehead atoms. The van der Waals surface area contributed by atoms with E-state index in [1.165, 1.54) is 24.3 Å². The summed E-state index contributed by atoms with van der Waals surface area (Å²) < 4.78 is 5.14. The van der Waals surface area contributed by atoms with Gasteiger partial charge in [-0.15, -0.1) is 0 Å². The number of ether oxygens (including phenoxy) is 1. The molecule has 1 unspecified atom stereocenters. The highest BCUT2D eigenvalue weighted by molar-refractivity contribution is 6.36. The lowest BCUT2D eigenvalue weighted by Crippen LogP contribution is -2.46. The number of fused-ring (bicyclic) bond motifs is 1. The second kappa shape index (κ2) is 9.49. The lowest BCUT2D eigenvalue weighted by Gasteiger charge is -2.25. The molecule has 0 aromatic heterocycles. The highest BCUT2D eigenvalue weighted by Crippen LogP contribution is 2.28. The predicted molar refractivity (Wildman–Crippen MR) is 116 cm³/mol. The monoisotopic (exact) mass is 462 g/mol. The molecule has 2 aromatic carbocycles. The quantitative estimate of drug-likeness (QED) is 0.491. The number of carbonyl (C=O) groups excluding carboxylic acids is 4. The van der Waals surface area contributed by atoms with Crippen LogP contribution in [0, 0.1) is 5.92 Å². The van der Waals surface area contributed by atoms with Crippen LogP contribution in [0.4, 0.5) is 5.69 Å². The predicted octanol–water partition coefficient (Wildman–Crippen LogP) is 4.19. The normalized spacial score (nSPS) is 13.9. The maximum Gasteiger partial charge on any atom is 0.329 e. The zero-order valence-corrected chi connectivity index (χ0v) is 18.4. The Bertz CT molecular complexity index is 1020. The molecule has 1 N–H and O–H groups in total. The molecule has 1 aliphatic heterocycles. The van der Waals surface area contributed by atoms with Gasteiger partial charge in [-0.1, -0.05) is 49.2 Å². The lowest BCUT2D eigenvalue weighted by molar-refractivity contribution is -0.151. The standard InChI is InChI=1S/C22H20Cl2N2O5/c1-12(2)9-18(26-20(28)14-5-3-4-6-15(14)21(26)29)22(30)31-11-19(27)25-17-8-7-13(23)10-16(17)24/h3-8,10,12,18H,9,11H2,1-2H3,(H,25,27). The fraction of sp³-hybridized carbons (Fsp3) is 0.273. The van der Waals surface area contributed by atoms with E-state index in [9.17, 15) is 19.2 Å². The molecule has 0 aliphatic carbocycles. The third kappa shape index (κ3) is 5.06. The van der Waals surface area contributed by atoms with Crippen LogP contribution in [-0.4, -0.2) is 41.2 Å². The van der Waals surface area contributed by atoms with E-state index in [4.69, 9.17) is 27.9 Å². The highest BCUT2D eigenvalue weighted by atomic mass is 35.5. The topological polar surface area (TPSA) is 92.8 Å². The lowest BCUT2D eigenvalue weighted by atomic mass is 10.0. The summed E-state index contributed by atoms with van der Waals surface area (Å²) >= 11 is 11.8. The number of imide groups is 1. The number of amides is 3. The second-order valence-electron chi connectivity index (χ2n) is 7.45. The van der Waals surface area contributed by atoms with Crippen molar-refractivity contribution in [2.24, 2.45) is 5.92 Å². The van der Waals surface area contributed by atoms with Gasteiger partial charge in [-0.05, 0) is 42.7 Å². The Morgan fingerprint density at radius 1 is 1.03 bits per heavy atom. The van der Waals surface area contributed by atoms with Gasteiger partial charge in [0.1, 0.15) is 6.04 Å². The molecule has 9 heteroatoms. The van der Waals surface area contributed by atoms with E-state index >= 15 is 0 Å². The minimum absolute atomic E-state index is 0.0106. The smallest absolute Gasteiger partial charge is 0.329 e. The van der Waals surface area contributed by atoms with E-state index in [1.54, 1.807) is 18.2 Å². The number of nitrogens with zero attached hydrogens (tertiary/aromatic N) is 1. The van der Waals surface area contributed by atoms with Crippen LogP contribution in [0.25, 0.3) is 0 Å². The van der Waals surface area contributed by atoms with E-state index in [1.807, 2.05) is 13.8 Å². The number of carbonyl (C=O) groups is 4. The Hall–Kier alpha value is -2.90. The van der Waals surface area contributed by atoms with Crippen molar-refractivity contribution in [1.29, 1.82) is 0 Å². The number of rotatable bonds is 7. The Morgan fingerprint density at radius 3 is 2.19 bits per heavy atom. The molecule has 0 spiro atoms. The molecule has 0 fully saturated rings. The molecular formula is C22H20Cl2N2O5. The maximum atomic E-state index is 12.8. The van der Waals surface area contributed by atoms with Crippen molar-refractivity contribution >= 4 is 52.6 Å². The summed E-state index contributed by atoms with van der Waals surface area (Å²) in [5.74, 6) is -2.58. The Kier molecular flexibility index (Phi) is 6.97. The third-order valence-corrected chi connectivity index (χ3v) is 5.20. The van der Waals surface area contributed by atoms with Gasteiger partial charge in [0.2, 0.25) is 0 Å². The van der Waals surface area contributed by atoms with Crippen molar-refractivity contribution in [1.82, 2.24) is 4.90 Å². The van der Waals surface area contributed by atoms with E-state index < -0.39 is 36.3 Å². The van der Waals surface area contributed by atoms with Gasteiger partial charge in [-0.25, -0.2) is 4.79 Å². The minimum atomic E-state index is -1.14. The van der Waals surface area contributed by atoms with E-state index in [2.05, 4.69) is 5.32 Å². The average molecular weight is 463 g/mol. The van der Waals surface area contributed by atoms with Gasteiger partial charge in [-0.2, -0.15) is 0 Å². The van der Waals surface area contributed by atoms with Gasteiger partial charge in [-0.3, -0.25) is 19.3 Å². The number of hydrogen-bond donors (Lipinski definition) is 1. The van der Waals surface area contributed by atoms with E-state index in [-0.39, 0.29) is 28.5 Å². The first-order valence-electron chi connectivity index (χ1n) is 9.57. The fourth-order valence-corrected chi connectivity index (χ4v) is 3.71. The van der Waals surface area contributed by atoms with Crippen molar-refractivity contribution in [2.75, 3.05) is 11.9 Å². The van der Waals surface area contributed by atoms with Crippen LogP contribution in [-0.2, 0) is 14.3 Å². The molecule has 3 rings (SSSR count). The first-order valence-corrected chi connectivity index (χ1v) is 10.3. The molecule has 0 saturated carbocycles. The number of benzene rings is 2. The Morgan fingerprint density at radius 2 is 1.65 bits per heavy atom.